The van der Waals surface area contributed by atoms with Gasteiger partial charge >= 0.3 is 0 Å². The van der Waals surface area contributed by atoms with Crippen molar-refractivity contribution in [3.8, 4) is 6.07 Å². The van der Waals surface area contributed by atoms with E-state index < -0.39 is 0 Å². The Morgan fingerprint density at radius 1 is 1.25 bits per heavy atom. The third-order valence-electron chi connectivity index (χ3n) is 3.49. The Hall–Kier alpha value is -2.76. The molecule has 1 aromatic heterocycles. The molecule has 2 aromatic carbocycles. The molecule has 8 heteroatoms. The van der Waals surface area contributed by atoms with Crippen molar-refractivity contribution in [2.75, 3.05) is 17.4 Å². The van der Waals surface area contributed by atoms with Crippen LogP contribution in [0.4, 0.5) is 21.8 Å². The Balaban J connectivity index is 2.22. The second-order valence-electron chi connectivity index (χ2n) is 5.05. The van der Waals surface area contributed by atoms with Crippen LogP contribution in [0.15, 0.2) is 40.9 Å². The number of hydrazine groups is 1. The lowest BCUT2D eigenvalue weighted by molar-refractivity contribution is 0.627. The maximum Gasteiger partial charge on any atom is 0.239 e. The van der Waals surface area contributed by atoms with Crippen LogP contribution in [0, 0.1) is 17.1 Å². The van der Waals surface area contributed by atoms with Crippen molar-refractivity contribution in [2.45, 2.75) is 0 Å². The molecule has 3 N–H and O–H groups in total. The van der Waals surface area contributed by atoms with Crippen LogP contribution in [0.25, 0.3) is 10.9 Å². The van der Waals surface area contributed by atoms with Crippen LogP contribution in [0.3, 0.4) is 0 Å². The molecule has 0 atom stereocenters. The first-order valence-electron chi connectivity index (χ1n) is 6.90. The quantitative estimate of drug-likeness (QED) is 0.529. The SMILES string of the molecule is CN(c1cc(F)cc(Br)c1)c1nc(NN)nc2cc(C#N)ccc12. The molecule has 0 unspecified atom stereocenters. The fourth-order valence-electron chi connectivity index (χ4n) is 2.36. The van der Waals surface area contributed by atoms with Crippen LogP contribution in [0.5, 0.6) is 0 Å². The topological polar surface area (TPSA) is 90.9 Å². The first kappa shape index (κ1) is 16.1. The van der Waals surface area contributed by atoms with Gasteiger partial charge in [-0.15, -0.1) is 0 Å². The minimum Gasteiger partial charge on any atom is -0.329 e. The number of halogens is 2. The van der Waals surface area contributed by atoms with Gasteiger partial charge in [0.2, 0.25) is 5.95 Å². The largest absolute Gasteiger partial charge is 0.329 e. The predicted molar refractivity (Wildman–Crippen MR) is 94.2 cm³/mol. The van der Waals surface area contributed by atoms with E-state index in [1.54, 1.807) is 36.2 Å². The lowest BCUT2D eigenvalue weighted by Gasteiger charge is -2.21. The standard InChI is InChI=1S/C16H12BrFN6/c1-24(12-6-10(17)5-11(18)7-12)15-13-3-2-9(8-19)4-14(13)21-16(22-15)23-20/h2-7H,20H2,1H3,(H,21,22,23). The molecule has 3 rings (SSSR count). The number of anilines is 3. The van der Waals surface area contributed by atoms with E-state index in [9.17, 15) is 4.39 Å². The molecule has 0 radical (unpaired) electrons. The third kappa shape index (κ3) is 2.99. The van der Waals surface area contributed by atoms with E-state index in [1.165, 1.54) is 12.1 Å². The first-order chi connectivity index (χ1) is 11.5. The van der Waals surface area contributed by atoms with Gasteiger partial charge in [0, 0.05) is 22.6 Å². The summed E-state index contributed by atoms with van der Waals surface area (Å²) in [7, 11) is 1.77. The fraction of sp³-hybridized carbons (Fsp3) is 0.0625. The second kappa shape index (κ2) is 6.39. The summed E-state index contributed by atoms with van der Waals surface area (Å²) in [5, 5.41) is 9.77. The molecule has 0 aliphatic heterocycles. The highest BCUT2D eigenvalue weighted by Gasteiger charge is 2.14. The molecule has 0 aliphatic rings. The van der Waals surface area contributed by atoms with Crippen molar-refractivity contribution in [3.05, 3.63) is 52.3 Å². The third-order valence-corrected chi connectivity index (χ3v) is 3.95. The van der Waals surface area contributed by atoms with Gasteiger partial charge in [0.05, 0.1) is 17.1 Å². The zero-order chi connectivity index (χ0) is 17.3. The summed E-state index contributed by atoms with van der Waals surface area (Å²) in [4.78, 5) is 10.4. The minimum atomic E-state index is -0.367. The van der Waals surface area contributed by atoms with Crippen molar-refractivity contribution in [2.24, 2.45) is 5.84 Å². The maximum atomic E-state index is 13.7. The summed E-state index contributed by atoms with van der Waals surface area (Å²) in [6.45, 7) is 0. The van der Waals surface area contributed by atoms with Gasteiger partial charge in [-0.3, -0.25) is 5.43 Å². The highest BCUT2D eigenvalue weighted by atomic mass is 79.9. The Labute approximate surface area is 145 Å². The van der Waals surface area contributed by atoms with E-state index >= 15 is 0 Å². The van der Waals surface area contributed by atoms with Gasteiger partial charge in [0.1, 0.15) is 11.6 Å². The van der Waals surface area contributed by atoms with Crippen LogP contribution in [-0.2, 0) is 0 Å². The van der Waals surface area contributed by atoms with Crippen molar-refractivity contribution in [3.63, 3.8) is 0 Å². The van der Waals surface area contributed by atoms with Crippen LogP contribution >= 0.6 is 15.9 Å². The number of hydrogen-bond donors (Lipinski definition) is 2. The predicted octanol–water partition coefficient (Wildman–Crippen LogP) is 3.46. The molecule has 0 bridgehead atoms. The van der Waals surface area contributed by atoms with Gasteiger partial charge in [0.15, 0.2) is 0 Å². The summed E-state index contributed by atoms with van der Waals surface area (Å²) in [6, 6.07) is 11.7. The normalized spacial score (nSPS) is 10.5. The van der Waals surface area contributed by atoms with E-state index in [-0.39, 0.29) is 11.8 Å². The maximum absolute atomic E-state index is 13.7. The number of aromatic nitrogens is 2. The molecule has 120 valence electrons. The lowest BCUT2D eigenvalue weighted by Crippen LogP contribution is -2.16. The van der Waals surface area contributed by atoms with E-state index in [0.29, 0.717) is 27.1 Å². The van der Waals surface area contributed by atoms with E-state index in [2.05, 4.69) is 37.4 Å². The van der Waals surface area contributed by atoms with Crippen LogP contribution in [0.2, 0.25) is 0 Å². The zero-order valence-corrected chi connectivity index (χ0v) is 14.2. The van der Waals surface area contributed by atoms with Crippen LogP contribution in [0.1, 0.15) is 5.56 Å². The number of fused-ring (bicyclic) bond motifs is 1. The van der Waals surface area contributed by atoms with Gasteiger partial charge in [-0.1, -0.05) is 15.9 Å². The van der Waals surface area contributed by atoms with Crippen molar-refractivity contribution in [1.82, 2.24) is 9.97 Å². The summed E-state index contributed by atoms with van der Waals surface area (Å²) in [5.74, 6) is 5.81. The average molecular weight is 387 g/mol. The van der Waals surface area contributed by atoms with Crippen LogP contribution in [-0.4, -0.2) is 17.0 Å². The van der Waals surface area contributed by atoms with Gasteiger partial charge in [-0.2, -0.15) is 10.2 Å². The molecule has 0 aliphatic carbocycles. The summed E-state index contributed by atoms with van der Waals surface area (Å²) in [6.07, 6.45) is 0. The number of nitrogens with one attached hydrogen (secondary N) is 1. The van der Waals surface area contributed by atoms with E-state index in [4.69, 9.17) is 11.1 Å². The molecule has 3 aromatic rings. The number of rotatable bonds is 3. The number of benzene rings is 2. The smallest absolute Gasteiger partial charge is 0.239 e. The average Bonchev–Trinajstić information content (AvgIpc) is 2.58. The van der Waals surface area contributed by atoms with Gasteiger partial charge in [0.25, 0.3) is 0 Å². The first-order valence-corrected chi connectivity index (χ1v) is 7.69. The summed E-state index contributed by atoms with van der Waals surface area (Å²) < 4.78 is 14.3. The number of hydrogen-bond acceptors (Lipinski definition) is 6. The van der Waals surface area contributed by atoms with Gasteiger partial charge in [-0.25, -0.2) is 15.2 Å². The van der Waals surface area contributed by atoms with Crippen molar-refractivity contribution < 1.29 is 4.39 Å². The number of nitrogens with two attached hydrogens (primary N) is 1. The van der Waals surface area contributed by atoms with Gasteiger partial charge in [-0.05, 0) is 36.4 Å². The molecular weight excluding hydrogens is 375 g/mol. The lowest BCUT2D eigenvalue weighted by atomic mass is 10.1. The number of nitrogen functional groups attached to an aromatic ring is 1. The van der Waals surface area contributed by atoms with Crippen molar-refractivity contribution in [1.29, 1.82) is 5.26 Å². The highest BCUT2D eigenvalue weighted by Crippen LogP contribution is 2.32. The fourth-order valence-corrected chi connectivity index (χ4v) is 2.81. The molecule has 1 heterocycles. The molecule has 0 fully saturated rings. The zero-order valence-electron chi connectivity index (χ0n) is 12.6. The molecule has 0 spiro atoms. The summed E-state index contributed by atoms with van der Waals surface area (Å²) in [5.41, 5.74) is 4.06. The highest BCUT2D eigenvalue weighted by molar-refractivity contribution is 9.10. The minimum absolute atomic E-state index is 0.204. The van der Waals surface area contributed by atoms with Crippen LogP contribution < -0.4 is 16.2 Å². The monoisotopic (exact) mass is 386 g/mol. The number of nitriles is 1. The molecular formula is C16H12BrFN6. The molecule has 24 heavy (non-hydrogen) atoms. The molecule has 0 saturated carbocycles. The Morgan fingerprint density at radius 2 is 2.04 bits per heavy atom. The molecule has 0 saturated heterocycles. The Kier molecular flexibility index (Phi) is 4.29. The van der Waals surface area contributed by atoms with Gasteiger partial charge < -0.3 is 4.90 Å². The van der Waals surface area contributed by atoms with E-state index in [1.807, 2.05) is 0 Å². The molecule has 0 amide bonds. The second-order valence-corrected chi connectivity index (χ2v) is 5.96. The summed E-state index contributed by atoms with van der Waals surface area (Å²) >= 11 is 3.28. The Morgan fingerprint density at radius 3 is 2.71 bits per heavy atom. The molecule has 6 nitrogen and oxygen atoms in total. The number of nitrogens with zero attached hydrogens (tertiary/aromatic N) is 4. The van der Waals surface area contributed by atoms with E-state index in [0.717, 1.165) is 5.39 Å². The van der Waals surface area contributed by atoms with Crippen molar-refractivity contribution >= 4 is 44.3 Å². The Bertz CT molecular complexity index is 948.